The molecule has 14 heavy (non-hydrogen) atoms. The Balaban J connectivity index is 2.85. The summed E-state index contributed by atoms with van der Waals surface area (Å²) in [6, 6.07) is 9.39. The molecule has 74 valence electrons. The summed E-state index contributed by atoms with van der Waals surface area (Å²) in [6.07, 6.45) is 0.319. The molecule has 0 radical (unpaired) electrons. The van der Waals surface area contributed by atoms with Crippen molar-refractivity contribution in [3.05, 3.63) is 28.7 Å². The molecule has 1 rings (SSSR count). The van der Waals surface area contributed by atoms with Gasteiger partial charge in [-0.05, 0) is 25.1 Å². The Kier molecular flexibility index (Phi) is 4.30. The van der Waals surface area contributed by atoms with Gasteiger partial charge in [-0.3, -0.25) is 4.21 Å². The van der Waals surface area contributed by atoms with Crippen LogP contribution >= 0.6 is 15.9 Å². The molecular formula is C10H10BrNOS. The number of hydrogen-bond donors (Lipinski definition) is 0. The van der Waals surface area contributed by atoms with Gasteiger partial charge in [0.1, 0.15) is 0 Å². The van der Waals surface area contributed by atoms with Crippen LogP contribution in [-0.2, 0) is 10.8 Å². The lowest BCUT2D eigenvalue weighted by Crippen LogP contribution is -2.09. The molecule has 0 spiro atoms. The Bertz CT molecular complexity index is 386. The Labute approximate surface area is 94.5 Å². The molecule has 0 N–H and O–H groups in total. The van der Waals surface area contributed by atoms with Crippen LogP contribution in [-0.4, -0.2) is 9.46 Å². The van der Waals surface area contributed by atoms with E-state index in [0.29, 0.717) is 6.42 Å². The van der Waals surface area contributed by atoms with Crippen molar-refractivity contribution >= 4 is 26.7 Å². The van der Waals surface area contributed by atoms with Gasteiger partial charge in [-0.1, -0.05) is 22.0 Å². The Morgan fingerprint density at radius 2 is 2.36 bits per heavy atom. The summed E-state index contributed by atoms with van der Waals surface area (Å²) in [5.41, 5.74) is 0. The zero-order valence-electron chi connectivity index (χ0n) is 7.74. The summed E-state index contributed by atoms with van der Waals surface area (Å²) in [5, 5.41) is 8.38. The highest BCUT2D eigenvalue weighted by Gasteiger charge is 2.12. The van der Waals surface area contributed by atoms with E-state index in [2.05, 4.69) is 15.9 Å². The van der Waals surface area contributed by atoms with Gasteiger partial charge in [0.2, 0.25) is 0 Å². The van der Waals surface area contributed by atoms with Gasteiger partial charge >= 0.3 is 0 Å². The van der Waals surface area contributed by atoms with Crippen molar-refractivity contribution in [3.8, 4) is 6.07 Å². The van der Waals surface area contributed by atoms with Crippen molar-refractivity contribution in [1.82, 2.24) is 0 Å². The summed E-state index contributed by atoms with van der Waals surface area (Å²) in [6.45, 7) is 1.82. The number of benzene rings is 1. The molecule has 0 amide bonds. The fourth-order valence-electron chi connectivity index (χ4n) is 1.03. The van der Waals surface area contributed by atoms with Crippen LogP contribution in [0.1, 0.15) is 13.3 Å². The van der Waals surface area contributed by atoms with Crippen LogP contribution in [0.4, 0.5) is 0 Å². The summed E-state index contributed by atoms with van der Waals surface area (Å²) in [7, 11) is -1.09. The van der Waals surface area contributed by atoms with Crippen LogP contribution in [0.15, 0.2) is 33.6 Å². The van der Waals surface area contributed by atoms with Crippen LogP contribution in [0.25, 0.3) is 0 Å². The van der Waals surface area contributed by atoms with Crippen LogP contribution in [0.3, 0.4) is 0 Å². The monoisotopic (exact) mass is 271 g/mol. The van der Waals surface area contributed by atoms with Gasteiger partial charge in [0.15, 0.2) is 0 Å². The molecule has 0 aromatic heterocycles. The van der Waals surface area contributed by atoms with E-state index in [1.165, 1.54) is 0 Å². The van der Waals surface area contributed by atoms with E-state index in [-0.39, 0.29) is 5.25 Å². The smallest absolute Gasteiger partial charge is 0.0634 e. The lowest BCUT2D eigenvalue weighted by Gasteiger charge is -2.07. The largest absolute Gasteiger partial charge is 0.254 e. The number of hydrogen-bond acceptors (Lipinski definition) is 2. The van der Waals surface area contributed by atoms with Crippen molar-refractivity contribution in [2.24, 2.45) is 0 Å². The maximum absolute atomic E-state index is 11.8. The topological polar surface area (TPSA) is 40.9 Å². The van der Waals surface area contributed by atoms with Gasteiger partial charge in [-0.25, -0.2) is 0 Å². The van der Waals surface area contributed by atoms with E-state index in [9.17, 15) is 4.21 Å². The minimum Gasteiger partial charge on any atom is -0.254 e. The van der Waals surface area contributed by atoms with Crippen molar-refractivity contribution in [3.63, 3.8) is 0 Å². The van der Waals surface area contributed by atoms with Crippen LogP contribution in [0, 0.1) is 11.3 Å². The SMILES string of the molecule is CC(CC#N)S(=O)c1cccc(Br)c1. The zero-order chi connectivity index (χ0) is 10.6. The zero-order valence-corrected chi connectivity index (χ0v) is 10.1. The fourth-order valence-corrected chi connectivity index (χ4v) is 2.73. The molecule has 0 saturated carbocycles. The third kappa shape index (κ3) is 2.93. The van der Waals surface area contributed by atoms with Gasteiger partial charge in [0.05, 0.1) is 16.9 Å². The summed E-state index contributed by atoms with van der Waals surface area (Å²) in [5.74, 6) is 0. The highest BCUT2D eigenvalue weighted by atomic mass is 79.9. The molecule has 2 atom stereocenters. The quantitative estimate of drug-likeness (QED) is 0.848. The second-order valence-corrected chi connectivity index (χ2v) is 5.71. The molecule has 0 aliphatic heterocycles. The van der Waals surface area contributed by atoms with E-state index >= 15 is 0 Å². The molecular weight excluding hydrogens is 262 g/mol. The van der Waals surface area contributed by atoms with E-state index in [1.807, 2.05) is 37.3 Å². The number of nitrogens with zero attached hydrogens (tertiary/aromatic N) is 1. The third-order valence-electron chi connectivity index (χ3n) is 1.77. The van der Waals surface area contributed by atoms with Gasteiger partial charge in [-0.2, -0.15) is 5.26 Å². The first kappa shape index (κ1) is 11.4. The van der Waals surface area contributed by atoms with Crippen molar-refractivity contribution in [1.29, 1.82) is 5.26 Å². The van der Waals surface area contributed by atoms with Crippen molar-refractivity contribution < 1.29 is 4.21 Å². The van der Waals surface area contributed by atoms with Gasteiger partial charge in [0, 0.05) is 21.0 Å². The molecule has 2 unspecified atom stereocenters. The van der Waals surface area contributed by atoms with Gasteiger partial charge in [0.25, 0.3) is 0 Å². The normalized spacial score (nSPS) is 14.4. The predicted octanol–water partition coefficient (Wildman–Crippen LogP) is 2.86. The third-order valence-corrected chi connectivity index (χ3v) is 3.88. The maximum Gasteiger partial charge on any atom is 0.0634 e. The van der Waals surface area contributed by atoms with E-state index < -0.39 is 10.8 Å². The lowest BCUT2D eigenvalue weighted by atomic mass is 10.4. The Hall–Kier alpha value is -0.660. The van der Waals surface area contributed by atoms with E-state index in [4.69, 9.17) is 5.26 Å². The summed E-state index contributed by atoms with van der Waals surface area (Å²) in [4.78, 5) is 0.766. The molecule has 1 aromatic carbocycles. The second kappa shape index (κ2) is 5.28. The van der Waals surface area contributed by atoms with Gasteiger partial charge < -0.3 is 0 Å². The van der Waals surface area contributed by atoms with E-state index in [0.717, 1.165) is 9.37 Å². The minimum atomic E-state index is -1.09. The number of halogens is 1. The first-order chi connectivity index (χ1) is 6.65. The molecule has 0 aliphatic rings. The van der Waals surface area contributed by atoms with Crippen molar-refractivity contribution in [2.75, 3.05) is 0 Å². The summed E-state index contributed by atoms with van der Waals surface area (Å²) < 4.78 is 12.7. The van der Waals surface area contributed by atoms with Crippen LogP contribution < -0.4 is 0 Å². The average Bonchev–Trinajstić information content (AvgIpc) is 2.17. The van der Waals surface area contributed by atoms with Crippen molar-refractivity contribution in [2.45, 2.75) is 23.5 Å². The highest BCUT2D eigenvalue weighted by Crippen LogP contribution is 2.18. The second-order valence-electron chi connectivity index (χ2n) is 2.93. The molecule has 0 saturated heterocycles. The molecule has 1 aromatic rings. The molecule has 4 heteroatoms. The molecule has 0 fully saturated rings. The molecule has 0 bridgehead atoms. The Morgan fingerprint density at radius 1 is 1.64 bits per heavy atom. The lowest BCUT2D eigenvalue weighted by molar-refractivity contribution is 0.673. The average molecular weight is 272 g/mol. The molecule has 0 aliphatic carbocycles. The highest BCUT2D eigenvalue weighted by molar-refractivity contribution is 9.10. The van der Waals surface area contributed by atoms with Crippen LogP contribution in [0.2, 0.25) is 0 Å². The van der Waals surface area contributed by atoms with Crippen LogP contribution in [0.5, 0.6) is 0 Å². The number of nitriles is 1. The standard InChI is InChI=1S/C10H10BrNOS/c1-8(5-6-12)14(13)10-4-2-3-9(11)7-10/h2-4,7-8H,5H2,1H3. The summed E-state index contributed by atoms with van der Waals surface area (Å²) >= 11 is 3.32. The Morgan fingerprint density at radius 3 is 2.93 bits per heavy atom. The molecule has 2 nitrogen and oxygen atoms in total. The first-order valence-corrected chi connectivity index (χ1v) is 6.19. The number of rotatable bonds is 3. The first-order valence-electron chi connectivity index (χ1n) is 4.18. The van der Waals surface area contributed by atoms with E-state index in [1.54, 1.807) is 0 Å². The van der Waals surface area contributed by atoms with Gasteiger partial charge in [-0.15, -0.1) is 0 Å². The minimum absolute atomic E-state index is 0.116. The predicted molar refractivity (Wildman–Crippen MR) is 60.2 cm³/mol. The fraction of sp³-hybridized carbons (Fsp3) is 0.300. The molecule has 0 heterocycles. The maximum atomic E-state index is 11.8.